The van der Waals surface area contributed by atoms with Crippen LogP contribution in [0.4, 0.5) is 0 Å². The van der Waals surface area contributed by atoms with Gasteiger partial charge in [-0.05, 0) is 18.1 Å². The Morgan fingerprint density at radius 1 is 0.895 bits per heavy atom. The zero-order valence-corrected chi connectivity index (χ0v) is 11.8. The third kappa shape index (κ3) is 3.91. The van der Waals surface area contributed by atoms with Gasteiger partial charge in [0.05, 0.1) is 12.3 Å². The highest BCUT2D eigenvalue weighted by molar-refractivity contribution is 7.88. The molecule has 0 heterocycles. The van der Waals surface area contributed by atoms with Crippen LogP contribution in [-0.4, -0.2) is 14.7 Å². The van der Waals surface area contributed by atoms with Crippen LogP contribution in [0.2, 0.25) is 0 Å². The van der Waals surface area contributed by atoms with Crippen molar-refractivity contribution in [3.05, 3.63) is 71.3 Å². The summed E-state index contributed by atoms with van der Waals surface area (Å²) < 4.78 is 25.8. The topological polar surface area (TPSA) is 46.2 Å². The number of hydrogen-bond acceptors (Lipinski definition) is 2. The molecule has 0 radical (unpaired) electrons. The van der Waals surface area contributed by atoms with Gasteiger partial charge in [0.1, 0.15) is 0 Å². The van der Waals surface area contributed by atoms with Crippen LogP contribution in [-0.2, 0) is 10.0 Å². The number of sulfonamides is 1. The zero-order chi connectivity index (χ0) is 13.9. The van der Waals surface area contributed by atoms with Gasteiger partial charge in [0.25, 0.3) is 0 Å². The molecule has 0 bridgehead atoms. The highest BCUT2D eigenvalue weighted by Crippen LogP contribution is 2.22. The number of nitrogens with one attached hydrogen (secondary N) is 1. The number of benzene rings is 2. The molecule has 0 saturated carbocycles. The summed E-state index contributed by atoms with van der Waals surface area (Å²) in [5.41, 5.74) is 3.01. The average molecular weight is 275 g/mol. The van der Waals surface area contributed by atoms with Gasteiger partial charge >= 0.3 is 0 Å². The second-order valence-electron chi connectivity index (χ2n) is 4.64. The van der Waals surface area contributed by atoms with Crippen LogP contribution in [0.15, 0.2) is 54.6 Å². The van der Waals surface area contributed by atoms with E-state index in [1.807, 2.05) is 61.5 Å². The number of rotatable bonds is 4. The van der Waals surface area contributed by atoms with Gasteiger partial charge in [0, 0.05) is 0 Å². The molecule has 0 aliphatic carbocycles. The Kier molecular flexibility index (Phi) is 4.02. The van der Waals surface area contributed by atoms with E-state index in [2.05, 4.69) is 4.72 Å². The molecular weight excluding hydrogens is 258 g/mol. The van der Waals surface area contributed by atoms with Crippen LogP contribution in [0.3, 0.4) is 0 Å². The summed E-state index contributed by atoms with van der Waals surface area (Å²) in [7, 11) is -3.28. The Bertz CT molecular complexity index is 634. The summed E-state index contributed by atoms with van der Waals surface area (Å²) in [6, 6.07) is 17.1. The maximum absolute atomic E-state index is 11.5. The van der Waals surface area contributed by atoms with E-state index >= 15 is 0 Å². The van der Waals surface area contributed by atoms with E-state index in [4.69, 9.17) is 0 Å². The zero-order valence-electron chi connectivity index (χ0n) is 11.0. The fourth-order valence-corrected chi connectivity index (χ4v) is 2.65. The van der Waals surface area contributed by atoms with Gasteiger partial charge < -0.3 is 0 Å². The maximum atomic E-state index is 11.5. The first-order valence-electron chi connectivity index (χ1n) is 6.04. The fraction of sp³-hybridized carbons (Fsp3) is 0.200. The minimum atomic E-state index is -3.28. The summed E-state index contributed by atoms with van der Waals surface area (Å²) in [4.78, 5) is 0. The lowest BCUT2D eigenvalue weighted by atomic mass is 9.99. The van der Waals surface area contributed by atoms with E-state index in [-0.39, 0.29) is 6.04 Å². The molecule has 1 N–H and O–H groups in total. The highest BCUT2D eigenvalue weighted by atomic mass is 32.2. The molecule has 19 heavy (non-hydrogen) atoms. The summed E-state index contributed by atoms with van der Waals surface area (Å²) in [5.74, 6) is 0. The molecule has 100 valence electrons. The van der Waals surface area contributed by atoms with E-state index in [1.54, 1.807) is 0 Å². The monoisotopic (exact) mass is 275 g/mol. The predicted octanol–water partition coefficient (Wildman–Crippen LogP) is 2.63. The van der Waals surface area contributed by atoms with E-state index in [9.17, 15) is 8.42 Å². The van der Waals surface area contributed by atoms with E-state index in [0.29, 0.717) is 0 Å². The quantitative estimate of drug-likeness (QED) is 0.932. The molecule has 0 fully saturated rings. The largest absolute Gasteiger partial charge is 0.213 e. The second kappa shape index (κ2) is 5.55. The Morgan fingerprint density at radius 3 is 1.95 bits per heavy atom. The summed E-state index contributed by atoms with van der Waals surface area (Å²) in [6.07, 6.45) is 1.18. The van der Waals surface area contributed by atoms with Gasteiger partial charge in [-0.1, -0.05) is 60.2 Å². The Hall–Kier alpha value is -1.65. The van der Waals surface area contributed by atoms with Crippen molar-refractivity contribution in [2.75, 3.05) is 6.26 Å². The standard InChI is InChI=1S/C15H17NO2S/c1-12-8-10-14(11-9-12)15(16-19(2,17)18)13-6-4-3-5-7-13/h3-11,15-16H,1-2H3. The van der Waals surface area contributed by atoms with Crippen molar-refractivity contribution in [1.82, 2.24) is 4.72 Å². The first kappa shape index (κ1) is 13.8. The van der Waals surface area contributed by atoms with Crippen LogP contribution in [0.25, 0.3) is 0 Å². The summed E-state index contributed by atoms with van der Waals surface area (Å²) in [5, 5.41) is 0. The Balaban J connectivity index is 2.43. The van der Waals surface area contributed by atoms with E-state index in [1.165, 1.54) is 6.26 Å². The van der Waals surface area contributed by atoms with Crippen LogP contribution in [0.5, 0.6) is 0 Å². The molecule has 0 saturated heterocycles. The SMILES string of the molecule is Cc1ccc(C(NS(C)(=O)=O)c2ccccc2)cc1. The Labute approximate surface area is 114 Å². The first-order valence-corrected chi connectivity index (χ1v) is 7.94. The van der Waals surface area contributed by atoms with Crippen molar-refractivity contribution in [2.24, 2.45) is 0 Å². The molecule has 4 heteroatoms. The van der Waals surface area contributed by atoms with Crippen molar-refractivity contribution in [1.29, 1.82) is 0 Å². The highest BCUT2D eigenvalue weighted by Gasteiger charge is 2.17. The smallest absolute Gasteiger partial charge is 0.209 e. The maximum Gasteiger partial charge on any atom is 0.209 e. The summed E-state index contributed by atoms with van der Waals surface area (Å²) >= 11 is 0. The molecule has 1 unspecified atom stereocenters. The van der Waals surface area contributed by atoms with Crippen LogP contribution in [0, 0.1) is 6.92 Å². The average Bonchev–Trinajstić information content (AvgIpc) is 2.37. The van der Waals surface area contributed by atoms with E-state index < -0.39 is 10.0 Å². The third-order valence-electron chi connectivity index (χ3n) is 2.88. The molecule has 1 atom stereocenters. The van der Waals surface area contributed by atoms with Crippen molar-refractivity contribution in [2.45, 2.75) is 13.0 Å². The van der Waals surface area contributed by atoms with E-state index in [0.717, 1.165) is 16.7 Å². The fourth-order valence-electron chi connectivity index (χ4n) is 1.95. The van der Waals surface area contributed by atoms with Gasteiger partial charge in [-0.3, -0.25) is 0 Å². The van der Waals surface area contributed by atoms with Crippen LogP contribution < -0.4 is 4.72 Å². The molecule has 3 nitrogen and oxygen atoms in total. The minimum absolute atomic E-state index is 0.350. The third-order valence-corrected chi connectivity index (χ3v) is 3.54. The molecule has 0 aliphatic rings. The number of hydrogen-bond donors (Lipinski definition) is 1. The summed E-state index contributed by atoms with van der Waals surface area (Å²) in [6.45, 7) is 2.01. The molecule has 2 rings (SSSR count). The normalized spacial score (nSPS) is 13.2. The van der Waals surface area contributed by atoms with Gasteiger partial charge in [0.15, 0.2) is 0 Å². The minimum Gasteiger partial charge on any atom is -0.213 e. The van der Waals surface area contributed by atoms with Crippen LogP contribution >= 0.6 is 0 Å². The lowest BCUT2D eigenvalue weighted by Crippen LogP contribution is -2.28. The van der Waals surface area contributed by atoms with Crippen molar-refractivity contribution in [3.8, 4) is 0 Å². The molecule has 2 aromatic carbocycles. The first-order chi connectivity index (χ1) is 8.96. The molecular formula is C15H17NO2S. The van der Waals surface area contributed by atoms with Gasteiger partial charge in [0.2, 0.25) is 10.0 Å². The van der Waals surface area contributed by atoms with Gasteiger partial charge in [-0.2, -0.15) is 0 Å². The van der Waals surface area contributed by atoms with Gasteiger partial charge in [-0.25, -0.2) is 13.1 Å². The Morgan fingerprint density at radius 2 is 1.42 bits per heavy atom. The second-order valence-corrected chi connectivity index (χ2v) is 6.42. The number of aryl methyl sites for hydroxylation is 1. The van der Waals surface area contributed by atoms with Crippen molar-refractivity contribution < 1.29 is 8.42 Å². The van der Waals surface area contributed by atoms with Crippen LogP contribution in [0.1, 0.15) is 22.7 Å². The van der Waals surface area contributed by atoms with Gasteiger partial charge in [-0.15, -0.1) is 0 Å². The molecule has 0 spiro atoms. The predicted molar refractivity (Wildman–Crippen MR) is 77.4 cm³/mol. The lowest BCUT2D eigenvalue weighted by molar-refractivity contribution is 0.578. The molecule has 2 aromatic rings. The molecule has 0 amide bonds. The van der Waals surface area contributed by atoms with Crippen molar-refractivity contribution >= 4 is 10.0 Å². The van der Waals surface area contributed by atoms with Crippen molar-refractivity contribution in [3.63, 3.8) is 0 Å². The molecule has 0 aromatic heterocycles. The molecule has 0 aliphatic heterocycles. The lowest BCUT2D eigenvalue weighted by Gasteiger charge is -2.18.